The van der Waals surface area contributed by atoms with Gasteiger partial charge in [0.25, 0.3) is 5.91 Å². The lowest BCUT2D eigenvalue weighted by atomic mass is 10.1. The fourth-order valence-electron chi connectivity index (χ4n) is 2.84. The third-order valence-corrected chi connectivity index (χ3v) is 4.63. The minimum atomic E-state index is 0.173. The summed E-state index contributed by atoms with van der Waals surface area (Å²) in [5, 5.41) is 3.50. The minimum Gasteiger partial charge on any atom is -0.337 e. The van der Waals surface area contributed by atoms with Gasteiger partial charge in [0.15, 0.2) is 0 Å². The Morgan fingerprint density at radius 1 is 1.30 bits per heavy atom. The molecule has 1 N–H and O–H groups in total. The Morgan fingerprint density at radius 2 is 2.15 bits per heavy atom. The lowest BCUT2D eigenvalue weighted by Crippen LogP contribution is -2.42. The molecule has 1 unspecified atom stereocenters. The lowest BCUT2D eigenvalue weighted by Gasteiger charge is -2.26. The second-order valence-electron chi connectivity index (χ2n) is 5.96. The SMILES string of the molecule is O=C(c1cccc(Br)c1)N(CC1CC1)CC1CCCN1. The Kier molecular flexibility index (Phi) is 4.41. The Hall–Kier alpha value is -0.870. The first-order valence-electron chi connectivity index (χ1n) is 7.50. The van der Waals surface area contributed by atoms with E-state index in [1.807, 2.05) is 24.3 Å². The molecule has 2 aliphatic rings. The van der Waals surface area contributed by atoms with E-state index in [1.165, 1.54) is 25.7 Å². The number of nitrogens with one attached hydrogen (secondary N) is 1. The summed E-state index contributed by atoms with van der Waals surface area (Å²) in [5.74, 6) is 0.902. The van der Waals surface area contributed by atoms with Crippen LogP contribution in [0.3, 0.4) is 0 Å². The molecule has 3 nitrogen and oxygen atoms in total. The normalized spacial score (nSPS) is 21.9. The Bertz CT molecular complexity index is 481. The van der Waals surface area contributed by atoms with Crippen LogP contribution in [0, 0.1) is 5.92 Å². The van der Waals surface area contributed by atoms with Crippen molar-refractivity contribution in [3.63, 3.8) is 0 Å². The van der Waals surface area contributed by atoms with Gasteiger partial charge in [-0.1, -0.05) is 22.0 Å². The monoisotopic (exact) mass is 336 g/mol. The molecule has 3 rings (SSSR count). The number of nitrogens with zero attached hydrogens (tertiary/aromatic N) is 1. The van der Waals surface area contributed by atoms with Gasteiger partial charge >= 0.3 is 0 Å². The summed E-state index contributed by atoms with van der Waals surface area (Å²) in [6.07, 6.45) is 4.97. The van der Waals surface area contributed by atoms with E-state index in [4.69, 9.17) is 0 Å². The number of carbonyl (C=O) groups is 1. The number of hydrogen-bond acceptors (Lipinski definition) is 2. The van der Waals surface area contributed by atoms with Crippen molar-refractivity contribution in [2.75, 3.05) is 19.6 Å². The van der Waals surface area contributed by atoms with E-state index in [1.54, 1.807) is 0 Å². The Morgan fingerprint density at radius 3 is 2.80 bits per heavy atom. The molecule has 1 aliphatic carbocycles. The molecule has 4 heteroatoms. The molecule has 2 fully saturated rings. The zero-order valence-corrected chi connectivity index (χ0v) is 13.2. The fraction of sp³-hybridized carbons (Fsp3) is 0.562. The van der Waals surface area contributed by atoms with Gasteiger partial charge in [0.1, 0.15) is 0 Å². The highest BCUT2D eigenvalue weighted by atomic mass is 79.9. The molecule has 1 aromatic carbocycles. The molecule has 1 aliphatic heterocycles. The van der Waals surface area contributed by atoms with Crippen LogP contribution in [0.2, 0.25) is 0 Å². The number of hydrogen-bond donors (Lipinski definition) is 1. The number of rotatable bonds is 5. The minimum absolute atomic E-state index is 0.173. The first kappa shape index (κ1) is 14.1. The van der Waals surface area contributed by atoms with E-state index < -0.39 is 0 Å². The summed E-state index contributed by atoms with van der Waals surface area (Å²) >= 11 is 3.45. The summed E-state index contributed by atoms with van der Waals surface area (Å²) in [7, 11) is 0. The van der Waals surface area contributed by atoms with Gasteiger partial charge in [0, 0.05) is 29.2 Å². The van der Waals surface area contributed by atoms with Gasteiger partial charge in [-0.15, -0.1) is 0 Å². The van der Waals surface area contributed by atoms with Gasteiger partial charge in [-0.2, -0.15) is 0 Å². The lowest BCUT2D eigenvalue weighted by molar-refractivity contribution is 0.0733. The van der Waals surface area contributed by atoms with E-state index in [-0.39, 0.29) is 5.91 Å². The summed E-state index contributed by atoms with van der Waals surface area (Å²) in [6, 6.07) is 8.20. The van der Waals surface area contributed by atoms with Crippen LogP contribution >= 0.6 is 15.9 Å². The third-order valence-electron chi connectivity index (χ3n) is 4.14. The molecule has 0 bridgehead atoms. The summed E-state index contributed by atoms with van der Waals surface area (Å²) in [5.41, 5.74) is 0.790. The largest absolute Gasteiger partial charge is 0.337 e. The van der Waals surface area contributed by atoms with Gasteiger partial charge in [-0.3, -0.25) is 4.79 Å². The van der Waals surface area contributed by atoms with Crippen LogP contribution in [0.25, 0.3) is 0 Å². The average molecular weight is 337 g/mol. The summed E-state index contributed by atoms with van der Waals surface area (Å²) in [6.45, 7) is 2.86. The zero-order chi connectivity index (χ0) is 13.9. The van der Waals surface area contributed by atoms with Gasteiger partial charge in [-0.25, -0.2) is 0 Å². The second kappa shape index (κ2) is 6.27. The quantitative estimate of drug-likeness (QED) is 0.896. The van der Waals surface area contributed by atoms with Gasteiger partial charge < -0.3 is 10.2 Å². The van der Waals surface area contributed by atoms with Crippen molar-refractivity contribution in [2.24, 2.45) is 5.92 Å². The molecule has 1 saturated heterocycles. The second-order valence-corrected chi connectivity index (χ2v) is 6.87. The molecule has 0 spiro atoms. The Labute approximate surface area is 128 Å². The number of carbonyl (C=O) groups excluding carboxylic acids is 1. The average Bonchev–Trinajstić information content (AvgIpc) is 3.11. The summed E-state index contributed by atoms with van der Waals surface area (Å²) in [4.78, 5) is 14.8. The van der Waals surface area contributed by atoms with Gasteiger partial charge in [-0.05, 0) is 56.3 Å². The van der Waals surface area contributed by atoms with Crippen molar-refractivity contribution < 1.29 is 4.79 Å². The first-order chi connectivity index (χ1) is 9.72. The molecule has 1 aromatic rings. The molecule has 0 aromatic heterocycles. The molecule has 1 saturated carbocycles. The van der Waals surface area contributed by atoms with E-state index in [0.29, 0.717) is 6.04 Å². The summed E-state index contributed by atoms with van der Waals surface area (Å²) < 4.78 is 0.966. The molecular weight excluding hydrogens is 316 g/mol. The van der Waals surface area contributed by atoms with Crippen molar-refractivity contribution >= 4 is 21.8 Å². The Balaban J connectivity index is 1.71. The fourth-order valence-corrected chi connectivity index (χ4v) is 3.23. The smallest absolute Gasteiger partial charge is 0.253 e. The molecule has 108 valence electrons. The topological polar surface area (TPSA) is 32.3 Å². The molecular formula is C16H21BrN2O. The van der Waals surface area contributed by atoms with E-state index in [9.17, 15) is 4.79 Å². The molecule has 0 radical (unpaired) electrons. The molecule has 1 atom stereocenters. The predicted octanol–water partition coefficient (Wildman–Crippen LogP) is 3.05. The van der Waals surface area contributed by atoms with Crippen molar-refractivity contribution in [3.05, 3.63) is 34.3 Å². The van der Waals surface area contributed by atoms with Crippen LogP contribution < -0.4 is 5.32 Å². The standard InChI is InChI=1S/C16H21BrN2O/c17-14-4-1-3-13(9-14)16(20)19(10-12-6-7-12)11-15-5-2-8-18-15/h1,3-4,9,12,15,18H,2,5-8,10-11H2. The molecule has 1 amide bonds. The van der Waals surface area contributed by atoms with Crippen molar-refractivity contribution in [2.45, 2.75) is 31.7 Å². The van der Waals surface area contributed by atoms with Gasteiger partial charge in [0.05, 0.1) is 0 Å². The maximum absolute atomic E-state index is 12.7. The molecule has 1 heterocycles. The maximum Gasteiger partial charge on any atom is 0.253 e. The predicted molar refractivity (Wildman–Crippen MR) is 83.8 cm³/mol. The van der Waals surface area contributed by atoms with Crippen LogP contribution in [-0.2, 0) is 0 Å². The van der Waals surface area contributed by atoms with E-state index in [0.717, 1.165) is 35.6 Å². The van der Waals surface area contributed by atoms with E-state index >= 15 is 0 Å². The molecule has 20 heavy (non-hydrogen) atoms. The van der Waals surface area contributed by atoms with Gasteiger partial charge in [0.2, 0.25) is 0 Å². The highest BCUT2D eigenvalue weighted by Gasteiger charge is 2.29. The van der Waals surface area contributed by atoms with Crippen LogP contribution in [0.4, 0.5) is 0 Å². The maximum atomic E-state index is 12.7. The number of halogens is 1. The number of benzene rings is 1. The van der Waals surface area contributed by atoms with Crippen LogP contribution in [0.5, 0.6) is 0 Å². The zero-order valence-electron chi connectivity index (χ0n) is 11.6. The number of amides is 1. The van der Waals surface area contributed by atoms with Crippen molar-refractivity contribution in [3.8, 4) is 0 Å². The first-order valence-corrected chi connectivity index (χ1v) is 8.30. The van der Waals surface area contributed by atoms with E-state index in [2.05, 4.69) is 26.1 Å². The van der Waals surface area contributed by atoms with Crippen LogP contribution in [0.15, 0.2) is 28.7 Å². The highest BCUT2D eigenvalue weighted by molar-refractivity contribution is 9.10. The third kappa shape index (κ3) is 3.61. The van der Waals surface area contributed by atoms with Crippen molar-refractivity contribution in [1.82, 2.24) is 10.2 Å². The van der Waals surface area contributed by atoms with Crippen molar-refractivity contribution in [1.29, 1.82) is 0 Å². The van der Waals surface area contributed by atoms with Crippen LogP contribution in [-0.4, -0.2) is 36.5 Å². The van der Waals surface area contributed by atoms with Crippen LogP contribution in [0.1, 0.15) is 36.0 Å². The highest BCUT2D eigenvalue weighted by Crippen LogP contribution is 2.30.